The van der Waals surface area contributed by atoms with Crippen molar-refractivity contribution < 1.29 is 9.59 Å². The van der Waals surface area contributed by atoms with Gasteiger partial charge in [-0.05, 0) is 57.4 Å². The number of likely N-dealkylation sites (tertiary alicyclic amines) is 1. The van der Waals surface area contributed by atoms with Crippen LogP contribution in [0.1, 0.15) is 49.4 Å². The molecule has 6 heteroatoms. The van der Waals surface area contributed by atoms with E-state index in [9.17, 15) is 9.59 Å². The molecule has 0 radical (unpaired) electrons. The Morgan fingerprint density at radius 3 is 2.83 bits per heavy atom. The Morgan fingerprint density at radius 1 is 1.39 bits per heavy atom. The number of nitrogens with zero attached hydrogens (tertiary/aromatic N) is 1. The molecule has 3 N–H and O–H groups in total. The maximum atomic E-state index is 12.6. The van der Waals surface area contributed by atoms with Gasteiger partial charge in [0.2, 0.25) is 5.91 Å². The van der Waals surface area contributed by atoms with Gasteiger partial charge in [-0.15, -0.1) is 0 Å². The van der Waals surface area contributed by atoms with Gasteiger partial charge in [0.1, 0.15) is 0 Å². The maximum absolute atomic E-state index is 12.6. The molecule has 2 amide bonds. The summed E-state index contributed by atoms with van der Waals surface area (Å²) in [5.74, 6) is -0.140. The van der Waals surface area contributed by atoms with E-state index < -0.39 is 0 Å². The van der Waals surface area contributed by atoms with Crippen molar-refractivity contribution in [3.63, 3.8) is 0 Å². The predicted molar refractivity (Wildman–Crippen MR) is 92.7 cm³/mol. The highest BCUT2D eigenvalue weighted by atomic mass is 35.5. The van der Waals surface area contributed by atoms with E-state index in [1.807, 2.05) is 4.90 Å². The second kappa shape index (κ2) is 8.31. The van der Waals surface area contributed by atoms with Crippen molar-refractivity contribution in [3.05, 3.63) is 28.8 Å². The van der Waals surface area contributed by atoms with Crippen LogP contribution in [0.3, 0.4) is 0 Å². The zero-order chi connectivity index (χ0) is 16.8. The molecule has 0 saturated carbocycles. The second-order valence-corrected chi connectivity index (χ2v) is 6.39. The fraction of sp³-hybridized carbons (Fsp3) is 0.529. The molecule has 5 nitrogen and oxygen atoms in total. The molecular weight excluding hydrogens is 314 g/mol. The third-order valence-electron chi connectivity index (χ3n) is 4.16. The number of benzene rings is 1. The van der Waals surface area contributed by atoms with Crippen LogP contribution in [0.5, 0.6) is 0 Å². The second-order valence-electron chi connectivity index (χ2n) is 5.98. The number of hydrogen-bond donors (Lipinski definition) is 2. The largest absolute Gasteiger partial charge is 0.336 e. The lowest BCUT2D eigenvalue weighted by Crippen LogP contribution is -2.42. The van der Waals surface area contributed by atoms with Crippen molar-refractivity contribution in [1.82, 2.24) is 4.90 Å². The third-order valence-corrected chi connectivity index (χ3v) is 4.47. The van der Waals surface area contributed by atoms with Crippen LogP contribution in [0.15, 0.2) is 18.2 Å². The van der Waals surface area contributed by atoms with Crippen LogP contribution < -0.4 is 11.1 Å². The van der Waals surface area contributed by atoms with Gasteiger partial charge in [-0.25, -0.2) is 0 Å². The number of carbonyl (C=O) groups is 2. The molecule has 0 spiro atoms. The monoisotopic (exact) mass is 337 g/mol. The molecule has 1 heterocycles. The zero-order valence-electron chi connectivity index (χ0n) is 13.5. The lowest BCUT2D eigenvalue weighted by atomic mass is 10.0. The average molecular weight is 338 g/mol. The molecule has 1 aliphatic heterocycles. The van der Waals surface area contributed by atoms with Crippen molar-refractivity contribution in [1.29, 1.82) is 0 Å². The summed E-state index contributed by atoms with van der Waals surface area (Å²) in [6, 6.07) is 5.27. The minimum atomic E-state index is -0.102. The summed E-state index contributed by atoms with van der Waals surface area (Å²) in [5, 5.41) is 3.13. The fourth-order valence-electron chi connectivity index (χ4n) is 2.81. The Balaban J connectivity index is 2.06. The van der Waals surface area contributed by atoms with E-state index in [0.717, 1.165) is 25.8 Å². The molecule has 1 aliphatic rings. The minimum Gasteiger partial charge on any atom is -0.336 e. The fourth-order valence-corrected chi connectivity index (χ4v) is 3.07. The third kappa shape index (κ3) is 4.69. The van der Waals surface area contributed by atoms with E-state index in [1.54, 1.807) is 18.2 Å². The first kappa shape index (κ1) is 17.8. The normalized spacial score (nSPS) is 17.9. The van der Waals surface area contributed by atoms with Crippen LogP contribution in [0, 0.1) is 0 Å². The summed E-state index contributed by atoms with van der Waals surface area (Å²) < 4.78 is 0. The van der Waals surface area contributed by atoms with E-state index in [-0.39, 0.29) is 17.9 Å². The van der Waals surface area contributed by atoms with Crippen LogP contribution in [0.4, 0.5) is 5.69 Å². The highest BCUT2D eigenvalue weighted by Crippen LogP contribution is 2.25. The molecule has 2 rings (SSSR count). The summed E-state index contributed by atoms with van der Waals surface area (Å²) in [4.78, 5) is 26.2. The van der Waals surface area contributed by atoms with Gasteiger partial charge in [0.25, 0.3) is 5.91 Å². The van der Waals surface area contributed by atoms with Gasteiger partial charge in [-0.3, -0.25) is 9.59 Å². The van der Waals surface area contributed by atoms with E-state index in [1.165, 1.54) is 0 Å². The summed E-state index contributed by atoms with van der Waals surface area (Å²) in [6.07, 6.45) is 4.23. The number of nitrogens with one attached hydrogen (secondary N) is 1. The van der Waals surface area contributed by atoms with Gasteiger partial charge in [0.15, 0.2) is 0 Å². The lowest BCUT2D eigenvalue weighted by Gasteiger charge is -2.33. The Labute approximate surface area is 142 Å². The van der Waals surface area contributed by atoms with Crippen molar-refractivity contribution in [3.8, 4) is 0 Å². The Morgan fingerprint density at radius 2 is 2.17 bits per heavy atom. The smallest absolute Gasteiger partial charge is 0.255 e. The Kier molecular flexibility index (Phi) is 6.42. The molecule has 1 fully saturated rings. The molecule has 0 aliphatic carbocycles. The van der Waals surface area contributed by atoms with Gasteiger partial charge < -0.3 is 16.0 Å². The van der Waals surface area contributed by atoms with Crippen LogP contribution in [0.2, 0.25) is 5.02 Å². The van der Waals surface area contributed by atoms with Crippen molar-refractivity contribution in [2.75, 3.05) is 18.4 Å². The highest BCUT2D eigenvalue weighted by molar-refractivity contribution is 6.34. The first-order chi connectivity index (χ1) is 11.0. The van der Waals surface area contributed by atoms with Crippen LogP contribution in [-0.2, 0) is 4.79 Å². The van der Waals surface area contributed by atoms with Crippen LogP contribution >= 0.6 is 11.6 Å². The number of rotatable bonds is 5. The lowest BCUT2D eigenvalue weighted by molar-refractivity contribution is -0.116. The summed E-state index contributed by atoms with van der Waals surface area (Å²) in [5.41, 5.74) is 6.47. The number of anilines is 1. The molecule has 1 unspecified atom stereocenters. The van der Waals surface area contributed by atoms with Gasteiger partial charge in [0, 0.05) is 24.7 Å². The van der Waals surface area contributed by atoms with Gasteiger partial charge in [-0.2, -0.15) is 0 Å². The zero-order valence-corrected chi connectivity index (χ0v) is 14.2. The number of amides is 2. The standard InChI is InChI=1S/C17H24ClN3O2/c1-12-5-2-3-10-21(12)17(23)14-8-7-13(11-15(14)18)20-16(22)6-4-9-19/h7-8,11-12H,2-6,9-10,19H2,1H3,(H,20,22). The first-order valence-corrected chi connectivity index (χ1v) is 8.51. The summed E-state index contributed by atoms with van der Waals surface area (Å²) in [7, 11) is 0. The predicted octanol–water partition coefficient (Wildman–Crippen LogP) is 3.03. The van der Waals surface area contributed by atoms with Gasteiger partial charge in [0.05, 0.1) is 10.6 Å². The van der Waals surface area contributed by atoms with Crippen molar-refractivity contribution >= 4 is 29.1 Å². The van der Waals surface area contributed by atoms with Crippen molar-refractivity contribution in [2.45, 2.75) is 45.1 Å². The first-order valence-electron chi connectivity index (χ1n) is 8.13. The van der Waals surface area contributed by atoms with Crippen molar-refractivity contribution in [2.24, 2.45) is 5.73 Å². The summed E-state index contributed by atoms with van der Waals surface area (Å²) in [6.45, 7) is 3.32. The van der Waals surface area contributed by atoms with Gasteiger partial charge in [-0.1, -0.05) is 11.6 Å². The number of piperidine rings is 1. The molecule has 1 aromatic carbocycles. The number of halogens is 1. The molecule has 1 aromatic rings. The molecule has 1 atom stereocenters. The Bertz CT molecular complexity index is 577. The van der Waals surface area contributed by atoms with E-state index in [4.69, 9.17) is 17.3 Å². The van der Waals surface area contributed by atoms with E-state index >= 15 is 0 Å². The topological polar surface area (TPSA) is 75.4 Å². The quantitative estimate of drug-likeness (QED) is 0.867. The number of hydrogen-bond acceptors (Lipinski definition) is 3. The van der Waals surface area contributed by atoms with Gasteiger partial charge >= 0.3 is 0 Å². The molecule has 1 saturated heterocycles. The minimum absolute atomic E-state index is 0.0387. The summed E-state index contributed by atoms with van der Waals surface area (Å²) >= 11 is 6.26. The van der Waals surface area contributed by atoms with E-state index in [0.29, 0.717) is 35.7 Å². The molecule has 0 aromatic heterocycles. The van der Waals surface area contributed by atoms with Crippen LogP contribution in [-0.4, -0.2) is 35.8 Å². The maximum Gasteiger partial charge on any atom is 0.255 e. The Hall–Kier alpha value is -1.59. The SMILES string of the molecule is CC1CCCCN1C(=O)c1ccc(NC(=O)CCCN)cc1Cl. The highest BCUT2D eigenvalue weighted by Gasteiger charge is 2.25. The van der Waals surface area contributed by atoms with Crippen LogP contribution in [0.25, 0.3) is 0 Å². The average Bonchev–Trinajstić information content (AvgIpc) is 2.53. The molecule has 23 heavy (non-hydrogen) atoms. The molecule has 126 valence electrons. The van der Waals surface area contributed by atoms with E-state index in [2.05, 4.69) is 12.2 Å². The molecular formula is C17H24ClN3O2. The number of nitrogens with two attached hydrogens (primary N) is 1. The molecule has 0 bridgehead atoms. The number of carbonyl (C=O) groups excluding carboxylic acids is 2.